The Labute approximate surface area is 181 Å². The maximum Gasteiger partial charge on any atom is 0.271 e. The zero-order chi connectivity index (χ0) is 22.0. The van der Waals surface area contributed by atoms with Crippen molar-refractivity contribution in [1.82, 2.24) is 9.73 Å². The van der Waals surface area contributed by atoms with E-state index in [2.05, 4.69) is 10.5 Å². The number of amides is 1. The molecule has 4 rings (SSSR count). The van der Waals surface area contributed by atoms with Crippen LogP contribution in [0, 0.1) is 0 Å². The Balaban J connectivity index is 1.55. The van der Waals surface area contributed by atoms with Gasteiger partial charge in [0, 0.05) is 29.6 Å². The highest BCUT2D eigenvalue weighted by molar-refractivity contribution is 7.89. The molecular formula is C23H23N3O4S. The minimum Gasteiger partial charge on any atom is -0.507 e. The molecule has 160 valence electrons. The molecule has 8 heteroatoms. The number of benzene rings is 3. The average molecular weight is 438 g/mol. The molecule has 1 saturated heterocycles. The lowest BCUT2D eigenvalue weighted by atomic mass is 10.0. The van der Waals surface area contributed by atoms with Gasteiger partial charge in [-0.05, 0) is 49.4 Å². The van der Waals surface area contributed by atoms with Gasteiger partial charge in [0.1, 0.15) is 5.75 Å². The monoisotopic (exact) mass is 437 g/mol. The van der Waals surface area contributed by atoms with Gasteiger partial charge in [-0.15, -0.1) is 0 Å². The molecule has 0 aromatic heterocycles. The van der Waals surface area contributed by atoms with Crippen LogP contribution in [-0.4, -0.2) is 42.5 Å². The summed E-state index contributed by atoms with van der Waals surface area (Å²) < 4.78 is 26.9. The Morgan fingerprint density at radius 1 is 1.03 bits per heavy atom. The molecule has 0 spiro atoms. The minimum absolute atomic E-state index is 0.0901. The van der Waals surface area contributed by atoms with E-state index in [0.29, 0.717) is 29.8 Å². The molecule has 0 bridgehead atoms. The van der Waals surface area contributed by atoms with Crippen LogP contribution in [0.2, 0.25) is 0 Å². The lowest BCUT2D eigenvalue weighted by Gasteiger charge is -2.15. The van der Waals surface area contributed by atoms with Crippen LogP contribution in [0.4, 0.5) is 0 Å². The number of fused-ring (bicyclic) bond motifs is 1. The summed E-state index contributed by atoms with van der Waals surface area (Å²) in [6.45, 7) is 2.67. The topological polar surface area (TPSA) is 99.1 Å². The van der Waals surface area contributed by atoms with Crippen LogP contribution >= 0.6 is 0 Å². The van der Waals surface area contributed by atoms with Gasteiger partial charge in [0.2, 0.25) is 10.0 Å². The van der Waals surface area contributed by atoms with Gasteiger partial charge in [0.25, 0.3) is 5.91 Å². The summed E-state index contributed by atoms with van der Waals surface area (Å²) >= 11 is 0. The minimum atomic E-state index is -3.61. The van der Waals surface area contributed by atoms with E-state index in [1.54, 1.807) is 19.1 Å². The highest BCUT2D eigenvalue weighted by atomic mass is 32.2. The number of nitrogens with zero attached hydrogens (tertiary/aromatic N) is 2. The van der Waals surface area contributed by atoms with Crippen LogP contribution in [-0.2, 0) is 10.0 Å². The van der Waals surface area contributed by atoms with Crippen molar-refractivity contribution in [1.29, 1.82) is 0 Å². The predicted octanol–water partition coefficient (Wildman–Crippen LogP) is 3.48. The molecule has 0 aliphatic carbocycles. The lowest BCUT2D eigenvalue weighted by molar-refractivity contribution is 0.0954. The van der Waals surface area contributed by atoms with Crippen molar-refractivity contribution in [2.45, 2.75) is 24.7 Å². The molecule has 1 heterocycles. The first-order valence-electron chi connectivity index (χ1n) is 10.0. The number of hydrogen-bond donors (Lipinski definition) is 2. The highest BCUT2D eigenvalue weighted by Crippen LogP contribution is 2.29. The van der Waals surface area contributed by atoms with Crippen LogP contribution in [0.1, 0.15) is 35.7 Å². The highest BCUT2D eigenvalue weighted by Gasteiger charge is 2.27. The van der Waals surface area contributed by atoms with E-state index in [4.69, 9.17) is 0 Å². The van der Waals surface area contributed by atoms with Crippen LogP contribution in [0.5, 0.6) is 5.75 Å². The van der Waals surface area contributed by atoms with E-state index in [1.807, 2.05) is 30.3 Å². The molecule has 3 aromatic rings. The Bertz CT molecular complexity index is 1280. The fraction of sp³-hybridized carbons (Fsp3) is 0.217. The number of rotatable bonds is 5. The number of carbonyl (C=O) groups is 1. The third-order valence-electron chi connectivity index (χ3n) is 5.41. The molecule has 7 nitrogen and oxygen atoms in total. The first kappa shape index (κ1) is 21.0. The number of aromatic hydroxyl groups is 1. The van der Waals surface area contributed by atoms with E-state index < -0.39 is 15.9 Å². The molecule has 0 unspecified atom stereocenters. The standard InChI is InChI=1S/C23H23N3O4S/c1-16(20-12-11-17-7-2-3-10-21(17)22(20)27)24-25-23(28)18-8-6-9-19(15-18)31(29,30)26-13-4-5-14-26/h2-3,6-12,15,27H,4-5,13-14H2,1H3,(H,25,28)/b24-16+. The van der Waals surface area contributed by atoms with Crippen LogP contribution in [0.15, 0.2) is 70.7 Å². The van der Waals surface area contributed by atoms with E-state index >= 15 is 0 Å². The average Bonchev–Trinajstić information content (AvgIpc) is 3.34. The quantitative estimate of drug-likeness (QED) is 0.471. The summed E-state index contributed by atoms with van der Waals surface area (Å²) in [5.41, 5.74) is 3.58. The number of carbonyl (C=O) groups excluding carboxylic acids is 1. The predicted molar refractivity (Wildman–Crippen MR) is 120 cm³/mol. The molecule has 1 aliphatic rings. The fourth-order valence-electron chi connectivity index (χ4n) is 3.68. The number of phenolic OH excluding ortho intramolecular Hbond substituents is 1. The third-order valence-corrected chi connectivity index (χ3v) is 7.31. The first-order chi connectivity index (χ1) is 14.9. The van der Waals surface area contributed by atoms with E-state index in [-0.39, 0.29) is 16.2 Å². The van der Waals surface area contributed by atoms with Gasteiger partial charge >= 0.3 is 0 Å². The molecule has 31 heavy (non-hydrogen) atoms. The zero-order valence-corrected chi connectivity index (χ0v) is 17.9. The number of hydrazone groups is 1. The van der Waals surface area contributed by atoms with Crippen LogP contribution < -0.4 is 5.43 Å². The van der Waals surface area contributed by atoms with Crippen molar-refractivity contribution < 1.29 is 18.3 Å². The van der Waals surface area contributed by atoms with Gasteiger partial charge in [-0.3, -0.25) is 4.79 Å². The molecule has 3 aromatic carbocycles. The lowest BCUT2D eigenvalue weighted by Crippen LogP contribution is -2.28. The number of nitrogens with one attached hydrogen (secondary N) is 1. The number of hydrogen-bond acceptors (Lipinski definition) is 5. The number of phenols is 1. The molecule has 1 fully saturated rings. The molecule has 1 aliphatic heterocycles. The normalized spacial score (nSPS) is 15.3. The second-order valence-electron chi connectivity index (χ2n) is 7.46. The summed E-state index contributed by atoms with van der Waals surface area (Å²) in [7, 11) is -3.61. The van der Waals surface area contributed by atoms with E-state index in [0.717, 1.165) is 18.2 Å². The maximum atomic E-state index is 12.7. The van der Waals surface area contributed by atoms with Gasteiger partial charge in [-0.1, -0.05) is 36.4 Å². The van der Waals surface area contributed by atoms with Crippen molar-refractivity contribution >= 4 is 32.4 Å². The molecule has 2 N–H and O–H groups in total. The van der Waals surface area contributed by atoms with Crippen molar-refractivity contribution in [2.75, 3.05) is 13.1 Å². The molecule has 0 atom stereocenters. The Kier molecular flexibility index (Phi) is 5.75. The number of sulfonamides is 1. The summed E-state index contributed by atoms with van der Waals surface area (Å²) in [5.74, 6) is -0.439. The van der Waals surface area contributed by atoms with Gasteiger partial charge in [-0.25, -0.2) is 13.8 Å². The third kappa shape index (κ3) is 4.17. The Hall–Kier alpha value is -3.23. The van der Waals surface area contributed by atoms with E-state index in [9.17, 15) is 18.3 Å². The Morgan fingerprint density at radius 2 is 1.77 bits per heavy atom. The fourth-order valence-corrected chi connectivity index (χ4v) is 5.25. The molecule has 0 radical (unpaired) electrons. The second kappa shape index (κ2) is 8.49. The van der Waals surface area contributed by atoms with Gasteiger partial charge in [0.05, 0.1) is 10.6 Å². The smallest absolute Gasteiger partial charge is 0.271 e. The van der Waals surface area contributed by atoms with E-state index in [1.165, 1.54) is 22.5 Å². The van der Waals surface area contributed by atoms with Gasteiger partial charge in [-0.2, -0.15) is 9.41 Å². The summed E-state index contributed by atoms with van der Waals surface area (Å²) in [4.78, 5) is 12.7. The van der Waals surface area contributed by atoms with Gasteiger partial charge < -0.3 is 5.11 Å². The van der Waals surface area contributed by atoms with Crippen LogP contribution in [0.3, 0.4) is 0 Å². The van der Waals surface area contributed by atoms with Gasteiger partial charge in [0.15, 0.2) is 0 Å². The summed E-state index contributed by atoms with van der Waals surface area (Å²) in [6, 6.07) is 17.0. The molecule has 0 saturated carbocycles. The largest absolute Gasteiger partial charge is 0.507 e. The van der Waals surface area contributed by atoms with Crippen molar-refractivity contribution in [3.8, 4) is 5.75 Å². The SMILES string of the molecule is C/C(=N\NC(=O)c1cccc(S(=O)(=O)N2CCCC2)c1)c1ccc2ccccc2c1O. The van der Waals surface area contributed by atoms with Crippen molar-refractivity contribution in [3.05, 3.63) is 71.8 Å². The van der Waals surface area contributed by atoms with Crippen molar-refractivity contribution in [2.24, 2.45) is 5.10 Å². The summed E-state index contributed by atoms with van der Waals surface area (Å²) in [6.07, 6.45) is 1.68. The Morgan fingerprint density at radius 3 is 2.55 bits per heavy atom. The zero-order valence-electron chi connectivity index (χ0n) is 17.1. The van der Waals surface area contributed by atoms with Crippen molar-refractivity contribution in [3.63, 3.8) is 0 Å². The van der Waals surface area contributed by atoms with Crippen LogP contribution in [0.25, 0.3) is 10.8 Å². The maximum absolute atomic E-state index is 12.7. The summed E-state index contributed by atoms with van der Waals surface area (Å²) in [5, 5.41) is 16.3. The molecular weight excluding hydrogens is 414 g/mol. The first-order valence-corrected chi connectivity index (χ1v) is 11.5. The molecule has 1 amide bonds. The second-order valence-corrected chi connectivity index (χ2v) is 9.40.